The molecule has 4 nitrogen and oxygen atoms in total. The third-order valence-electron chi connectivity index (χ3n) is 4.97. The van der Waals surface area contributed by atoms with Gasteiger partial charge in [-0.2, -0.15) is 0 Å². The zero-order valence-electron chi connectivity index (χ0n) is 14.7. The van der Waals surface area contributed by atoms with Crippen LogP contribution >= 0.6 is 0 Å². The highest BCUT2D eigenvalue weighted by molar-refractivity contribution is 6.01. The Kier molecular flexibility index (Phi) is 3.87. The first-order chi connectivity index (χ1) is 12.5. The first-order valence-electron chi connectivity index (χ1n) is 8.60. The predicted molar refractivity (Wildman–Crippen MR) is 97.4 cm³/mol. The van der Waals surface area contributed by atoms with Crippen LogP contribution in [0, 0.1) is 19.7 Å². The highest BCUT2D eigenvalue weighted by atomic mass is 19.1. The second-order valence-corrected chi connectivity index (χ2v) is 6.91. The second kappa shape index (κ2) is 6.09. The van der Waals surface area contributed by atoms with Crippen molar-refractivity contribution in [1.29, 1.82) is 0 Å². The minimum atomic E-state index is -0.691. The van der Waals surface area contributed by atoms with E-state index in [1.54, 1.807) is 24.3 Å². The van der Waals surface area contributed by atoms with Crippen LogP contribution in [0.1, 0.15) is 29.7 Å². The van der Waals surface area contributed by atoms with Crippen molar-refractivity contribution in [1.82, 2.24) is 5.16 Å². The lowest BCUT2D eigenvalue weighted by Crippen LogP contribution is -2.28. The topological polar surface area (TPSA) is 55.1 Å². The predicted octanol–water partition coefficient (Wildman–Crippen LogP) is 4.77. The van der Waals surface area contributed by atoms with Crippen molar-refractivity contribution >= 4 is 11.6 Å². The molecule has 1 aromatic heterocycles. The number of aromatic nitrogens is 1. The van der Waals surface area contributed by atoms with Gasteiger partial charge in [0.1, 0.15) is 5.82 Å². The van der Waals surface area contributed by atoms with E-state index in [2.05, 4.69) is 10.5 Å². The number of amides is 1. The number of rotatable bonds is 4. The summed E-state index contributed by atoms with van der Waals surface area (Å²) >= 11 is 0. The maximum absolute atomic E-state index is 14.0. The Balaban J connectivity index is 1.61. The van der Waals surface area contributed by atoms with Gasteiger partial charge in [-0.05, 0) is 56.0 Å². The molecule has 3 aromatic rings. The average Bonchev–Trinajstić information content (AvgIpc) is 3.29. The molecule has 5 heteroatoms. The van der Waals surface area contributed by atoms with Crippen LogP contribution in [0.25, 0.3) is 11.3 Å². The van der Waals surface area contributed by atoms with Crippen molar-refractivity contribution in [3.8, 4) is 11.3 Å². The molecule has 0 atom stereocenters. The standard InChI is InChI=1S/C21H19FN2O2/c1-13-7-8-14(2)17(11-13)23-20(25)21(9-10-21)19-12-18(26-24-19)15-5-3-4-6-16(15)22/h3-8,11-12H,9-10H2,1-2H3,(H,23,25). The molecule has 1 heterocycles. The molecule has 26 heavy (non-hydrogen) atoms. The number of nitrogens with zero attached hydrogens (tertiary/aromatic N) is 1. The molecule has 0 radical (unpaired) electrons. The van der Waals surface area contributed by atoms with Crippen LogP contribution in [0.3, 0.4) is 0 Å². The summed E-state index contributed by atoms with van der Waals surface area (Å²) in [5, 5.41) is 7.09. The van der Waals surface area contributed by atoms with Crippen LogP contribution in [0.5, 0.6) is 0 Å². The molecule has 0 spiro atoms. The Morgan fingerprint density at radius 2 is 1.92 bits per heavy atom. The average molecular weight is 350 g/mol. The van der Waals surface area contributed by atoms with E-state index in [9.17, 15) is 9.18 Å². The third-order valence-corrected chi connectivity index (χ3v) is 4.97. The summed E-state index contributed by atoms with van der Waals surface area (Å²) in [7, 11) is 0. The summed E-state index contributed by atoms with van der Waals surface area (Å²) < 4.78 is 19.3. The van der Waals surface area contributed by atoms with Crippen LogP contribution in [0.4, 0.5) is 10.1 Å². The molecule has 1 N–H and O–H groups in total. The number of carbonyl (C=O) groups is 1. The van der Waals surface area contributed by atoms with Crippen molar-refractivity contribution in [2.75, 3.05) is 5.32 Å². The Labute approximate surface area is 151 Å². The summed E-state index contributed by atoms with van der Waals surface area (Å²) in [4.78, 5) is 12.9. The van der Waals surface area contributed by atoms with Crippen LogP contribution in [0.2, 0.25) is 0 Å². The quantitative estimate of drug-likeness (QED) is 0.737. The number of hydrogen-bond donors (Lipinski definition) is 1. The van der Waals surface area contributed by atoms with E-state index in [1.807, 2.05) is 32.0 Å². The molecule has 0 unspecified atom stereocenters. The van der Waals surface area contributed by atoms with Gasteiger partial charge < -0.3 is 9.84 Å². The van der Waals surface area contributed by atoms with Crippen molar-refractivity contribution in [3.05, 3.63) is 71.2 Å². The van der Waals surface area contributed by atoms with Gasteiger partial charge in [-0.1, -0.05) is 29.4 Å². The summed E-state index contributed by atoms with van der Waals surface area (Å²) in [5.74, 6) is -0.136. The lowest BCUT2D eigenvalue weighted by molar-refractivity contribution is -0.118. The normalized spacial score (nSPS) is 14.9. The number of halogens is 1. The molecule has 0 bridgehead atoms. The molecule has 132 valence electrons. The summed E-state index contributed by atoms with van der Waals surface area (Å²) in [6.07, 6.45) is 1.40. The number of carbonyl (C=O) groups excluding carboxylic acids is 1. The van der Waals surface area contributed by atoms with Gasteiger partial charge in [0.25, 0.3) is 0 Å². The molecular weight excluding hydrogens is 331 g/mol. The third kappa shape index (κ3) is 2.79. The molecule has 1 saturated carbocycles. The van der Waals surface area contributed by atoms with Crippen molar-refractivity contribution < 1.29 is 13.7 Å². The number of aryl methyl sites for hydroxylation is 2. The van der Waals surface area contributed by atoms with Crippen molar-refractivity contribution in [2.45, 2.75) is 32.1 Å². The molecule has 2 aromatic carbocycles. The Hall–Kier alpha value is -2.95. The monoisotopic (exact) mass is 350 g/mol. The van der Waals surface area contributed by atoms with E-state index >= 15 is 0 Å². The summed E-state index contributed by atoms with van der Waals surface area (Å²) in [6, 6.07) is 14.0. The first-order valence-corrected chi connectivity index (χ1v) is 8.60. The van der Waals surface area contributed by atoms with Crippen LogP contribution < -0.4 is 5.32 Å². The van der Waals surface area contributed by atoms with E-state index in [0.717, 1.165) is 16.8 Å². The van der Waals surface area contributed by atoms with Gasteiger partial charge >= 0.3 is 0 Å². The number of hydrogen-bond acceptors (Lipinski definition) is 3. The largest absolute Gasteiger partial charge is 0.356 e. The number of benzene rings is 2. The fourth-order valence-corrected chi connectivity index (χ4v) is 3.13. The van der Waals surface area contributed by atoms with E-state index in [1.165, 1.54) is 6.07 Å². The minimum Gasteiger partial charge on any atom is -0.356 e. The lowest BCUT2D eigenvalue weighted by atomic mass is 9.99. The molecule has 1 aliphatic rings. The van der Waals surface area contributed by atoms with E-state index in [4.69, 9.17) is 4.52 Å². The minimum absolute atomic E-state index is 0.0976. The van der Waals surface area contributed by atoms with E-state index in [0.29, 0.717) is 29.9 Å². The zero-order valence-corrected chi connectivity index (χ0v) is 14.7. The first kappa shape index (κ1) is 16.5. The van der Waals surface area contributed by atoms with Gasteiger partial charge in [-0.25, -0.2) is 4.39 Å². The second-order valence-electron chi connectivity index (χ2n) is 6.91. The summed E-state index contributed by atoms with van der Waals surface area (Å²) in [6.45, 7) is 3.95. The maximum Gasteiger partial charge on any atom is 0.236 e. The van der Waals surface area contributed by atoms with Crippen LogP contribution in [0.15, 0.2) is 53.1 Å². The Morgan fingerprint density at radius 3 is 2.65 bits per heavy atom. The van der Waals surface area contributed by atoms with Gasteiger partial charge in [0, 0.05) is 11.8 Å². The SMILES string of the molecule is Cc1ccc(C)c(NC(=O)C2(c3cc(-c4ccccc4F)on3)CC2)c1. The molecule has 1 fully saturated rings. The molecule has 1 amide bonds. The van der Waals surface area contributed by atoms with E-state index in [-0.39, 0.29) is 11.7 Å². The number of anilines is 1. The fraction of sp³-hybridized carbons (Fsp3) is 0.238. The van der Waals surface area contributed by atoms with Gasteiger partial charge in [-0.15, -0.1) is 0 Å². The van der Waals surface area contributed by atoms with Gasteiger partial charge in [-0.3, -0.25) is 4.79 Å². The molecule has 4 rings (SSSR count). The van der Waals surface area contributed by atoms with Gasteiger partial charge in [0.2, 0.25) is 5.91 Å². The van der Waals surface area contributed by atoms with Crippen molar-refractivity contribution in [2.24, 2.45) is 0 Å². The zero-order chi connectivity index (χ0) is 18.3. The van der Waals surface area contributed by atoms with Gasteiger partial charge in [0.05, 0.1) is 16.7 Å². The van der Waals surface area contributed by atoms with E-state index < -0.39 is 5.41 Å². The fourth-order valence-electron chi connectivity index (χ4n) is 3.13. The molecule has 1 aliphatic carbocycles. The molecule has 0 aliphatic heterocycles. The van der Waals surface area contributed by atoms with Crippen molar-refractivity contribution in [3.63, 3.8) is 0 Å². The maximum atomic E-state index is 14.0. The lowest BCUT2D eigenvalue weighted by Gasteiger charge is -2.14. The van der Waals surface area contributed by atoms with Crippen LogP contribution in [-0.2, 0) is 10.2 Å². The highest BCUT2D eigenvalue weighted by Crippen LogP contribution is 2.49. The van der Waals surface area contributed by atoms with Crippen LogP contribution in [-0.4, -0.2) is 11.1 Å². The van der Waals surface area contributed by atoms with Gasteiger partial charge in [0.15, 0.2) is 5.76 Å². The highest BCUT2D eigenvalue weighted by Gasteiger charge is 2.54. The number of nitrogens with one attached hydrogen (secondary N) is 1. The smallest absolute Gasteiger partial charge is 0.236 e. The molecular formula is C21H19FN2O2. The summed E-state index contributed by atoms with van der Waals surface area (Å²) in [5.41, 5.74) is 3.10. The Morgan fingerprint density at radius 1 is 1.15 bits per heavy atom. The molecule has 0 saturated heterocycles. The Bertz CT molecular complexity index is 989.